The van der Waals surface area contributed by atoms with Crippen molar-refractivity contribution in [2.24, 2.45) is 0 Å². The van der Waals surface area contributed by atoms with E-state index in [1.165, 1.54) is 12.0 Å². The Morgan fingerprint density at radius 2 is 1.94 bits per heavy atom. The normalized spacial score (nSPS) is 14.8. The number of amides is 2. The maximum atomic E-state index is 12.8. The Hall–Kier alpha value is -2.78. The van der Waals surface area contributed by atoms with Gasteiger partial charge in [-0.25, -0.2) is 4.79 Å². The van der Waals surface area contributed by atoms with Gasteiger partial charge in [0.25, 0.3) is 11.1 Å². The summed E-state index contributed by atoms with van der Waals surface area (Å²) in [6, 6.07) is 12.5. The second kappa shape index (κ2) is 10.5. The number of methoxy groups -OCH3 is 1. The van der Waals surface area contributed by atoms with E-state index < -0.39 is 5.97 Å². The van der Waals surface area contributed by atoms with E-state index in [2.05, 4.69) is 15.9 Å². The van der Waals surface area contributed by atoms with Crippen molar-refractivity contribution < 1.29 is 28.6 Å². The molecule has 0 radical (unpaired) electrons. The zero-order chi connectivity index (χ0) is 22.4. The average Bonchev–Trinajstić information content (AvgIpc) is 3.01. The Kier molecular flexibility index (Phi) is 7.75. The highest BCUT2D eigenvalue weighted by atomic mass is 79.9. The minimum absolute atomic E-state index is 0.188. The molecule has 9 heteroatoms. The summed E-state index contributed by atoms with van der Waals surface area (Å²) in [5, 5.41) is -0.326. The Labute approximate surface area is 192 Å². The molecule has 1 heterocycles. The van der Waals surface area contributed by atoms with E-state index in [0.717, 1.165) is 21.8 Å². The number of imide groups is 1. The van der Waals surface area contributed by atoms with Crippen molar-refractivity contribution in [2.45, 2.75) is 13.5 Å². The highest BCUT2D eigenvalue weighted by Crippen LogP contribution is 2.35. The lowest BCUT2D eigenvalue weighted by Gasteiger charge is -2.13. The van der Waals surface area contributed by atoms with Crippen LogP contribution in [-0.2, 0) is 20.9 Å². The van der Waals surface area contributed by atoms with Gasteiger partial charge >= 0.3 is 5.97 Å². The summed E-state index contributed by atoms with van der Waals surface area (Å²) >= 11 is 4.33. The maximum Gasteiger partial charge on any atom is 0.344 e. The quantitative estimate of drug-likeness (QED) is 0.381. The van der Waals surface area contributed by atoms with Gasteiger partial charge < -0.3 is 14.2 Å². The molecule has 1 fully saturated rings. The average molecular weight is 506 g/mol. The molecule has 0 aliphatic carbocycles. The molecule has 1 saturated heterocycles. The molecule has 0 spiro atoms. The number of nitrogens with zero attached hydrogens (tertiary/aromatic N) is 1. The first-order chi connectivity index (χ1) is 14.9. The summed E-state index contributed by atoms with van der Waals surface area (Å²) in [4.78, 5) is 38.2. The number of halogens is 1. The molecule has 0 bridgehead atoms. The smallest absolute Gasteiger partial charge is 0.344 e. The summed E-state index contributed by atoms with van der Waals surface area (Å²) in [5.74, 6) is -0.0695. The third kappa shape index (κ3) is 5.68. The van der Waals surface area contributed by atoms with Crippen LogP contribution in [0.3, 0.4) is 0 Å². The second-order valence-electron chi connectivity index (χ2n) is 6.36. The molecule has 0 atom stereocenters. The largest absolute Gasteiger partial charge is 0.493 e. The fraction of sp³-hybridized carbons (Fsp3) is 0.227. The van der Waals surface area contributed by atoms with Gasteiger partial charge in [0, 0.05) is 4.47 Å². The number of benzene rings is 2. The van der Waals surface area contributed by atoms with E-state index >= 15 is 0 Å². The molecule has 0 saturated carbocycles. The number of ether oxygens (including phenoxy) is 3. The standard InChI is InChI=1S/C22H20BrNO6S/c1-3-29-20(25)13-30-17-9-8-14(10-18(17)28-2)11-19-21(26)24(22(27)31-19)12-15-6-4-5-7-16(15)23/h4-11H,3,12-13H2,1-2H3/b19-11-. The molecular weight excluding hydrogens is 486 g/mol. The van der Waals surface area contributed by atoms with Crippen molar-refractivity contribution in [3.8, 4) is 11.5 Å². The van der Waals surface area contributed by atoms with Gasteiger partial charge in [0.2, 0.25) is 0 Å². The lowest BCUT2D eigenvalue weighted by atomic mass is 10.1. The van der Waals surface area contributed by atoms with Crippen molar-refractivity contribution in [2.75, 3.05) is 20.3 Å². The first-order valence-electron chi connectivity index (χ1n) is 9.38. The van der Waals surface area contributed by atoms with Crippen molar-refractivity contribution >= 4 is 50.9 Å². The van der Waals surface area contributed by atoms with Gasteiger partial charge in [-0.3, -0.25) is 14.5 Å². The number of esters is 1. The zero-order valence-electron chi connectivity index (χ0n) is 16.9. The summed E-state index contributed by atoms with van der Waals surface area (Å²) in [6.07, 6.45) is 1.63. The van der Waals surface area contributed by atoms with Gasteiger partial charge in [-0.15, -0.1) is 0 Å². The first kappa shape index (κ1) is 22.9. The summed E-state index contributed by atoms with van der Waals surface area (Å²) < 4.78 is 16.4. The molecule has 2 amide bonds. The molecule has 2 aromatic rings. The van der Waals surface area contributed by atoms with E-state index in [0.29, 0.717) is 22.0 Å². The molecule has 0 unspecified atom stereocenters. The first-order valence-corrected chi connectivity index (χ1v) is 11.0. The Morgan fingerprint density at radius 1 is 1.16 bits per heavy atom. The van der Waals surface area contributed by atoms with Crippen LogP contribution in [0.25, 0.3) is 6.08 Å². The van der Waals surface area contributed by atoms with Gasteiger partial charge in [0.05, 0.1) is 25.2 Å². The SMILES string of the molecule is CCOC(=O)COc1ccc(/C=C2\SC(=O)N(Cc3ccccc3Br)C2=O)cc1OC. The van der Waals surface area contributed by atoms with E-state index in [1.54, 1.807) is 31.2 Å². The Morgan fingerprint density at radius 3 is 2.65 bits per heavy atom. The maximum absolute atomic E-state index is 12.8. The fourth-order valence-electron chi connectivity index (χ4n) is 2.82. The monoisotopic (exact) mass is 505 g/mol. The number of hydrogen-bond acceptors (Lipinski definition) is 7. The summed E-state index contributed by atoms with van der Waals surface area (Å²) in [5.41, 5.74) is 1.50. The predicted molar refractivity (Wildman–Crippen MR) is 121 cm³/mol. The van der Waals surface area contributed by atoms with Crippen molar-refractivity contribution in [3.63, 3.8) is 0 Å². The van der Waals surface area contributed by atoms with Gasteiger partial charge in [-0.2, -0.15) is 0 Å². The number of carbonyl (C=O) groups is 3. The van der Waals surface area contributed by atoms with Crippen LogP contribution >= 0.6 is 27.7 Å². The highest BCUT2D eigenvalue weighted by Gasteiger charge is 2.35. The minimum Gasteiger partial charge on any atom is -0.493 e. The van der Waals surface area contributed by atoms with Crippen LogP contribution in [0.15, 0.2) is 51.8 Å². The van der Waals surface area contributed by atoms with E-state index in [1.807, 2.05) is 24.3 Å². The van der Waals surface area contributed by atoms with Gasteiger partial charge in [-0.1, -0.05) is 40.2 Å². The molecule has 0 N–H and O–H groups in total. The van der Waals surface area contributed by atoms with E-state index in [-0.39, 0.29) is 30.9 Å². The lowest BCUT2D eigenvalue weighted by Crippen LogP contribution is -2.27. The molecule has 2 aromatic carbocycles. The number of thioether (sulfide) groups is 1. The molecule has 31 heavy (non-hydrogen) atoms. The van der Waals surface area contributed by atoms with Crippen molar-refractivity contribution in [1.82, 2.24) is 4.90 Å². The van der Waals surface area contributed by atoms with Crippen LogP contribution < -0.4 is 9.47 Å². The van der Waals surface area contributed by atoms with Crippen LogP contribution in [0.4, 0.5) is 4.79 Å². The van der Waals surface area contributed by atoms with Gasteiger partial charge in [0.1, 0.15) is 0 Å². The predicted octanol–water partition coefficient (Wildman–Crippen LogP) is 4.64. The third-order valence-electron chi connectivity index (χ3n) is 4.30. The molecule has 7 nitrogen and oxygen atoms in total. The van der Waals surface area contributed by atoms with Crippen LogP contribution in [0, 0.1) is 0 Å². The van der Waals surface area contributed by atoms with Crippen molar-refractivity contribution in [3.05, 3.63) is 63.0 Å². The van der Waals surface area contributed by atoms with Crippen LogP contribution in [-0.4, -0.2) is 42.3 Å². The third-order valence-corrected chi connectivity index (χ3v) is 5.98. The highest BCUT2D eigenvalue weighted by molar-refractivity contribution is 9.10. The van der Waals surface area contributed by atoms with Crippen molar-refractivity contribution in [1.29, 1.82) is 0 Å². The number of carbonyl (C=O) groups excluding carboxylic acids is 3. The van der Waals surface area contributed by atoms with Crippen LogP contribution in [0.1, 0.15) is 18.1 Å². The molecule has 1 aliphatic heterocycles. The number of hydrogen-bond donors (Lipinski definition) is 0. The van der Waals surface area contributed by atoms with E-state index in [4.69, 9.17) is 14.2 Å². The summed E-state index contributed by atoms with van der Waals surface area (Å²) in [6.45, 7) is 1.94. The van der Waals surface area contributed by atoms with Gasteiger partial charge in [-0.05, 0) is 54.1 Å². The fourth-order valence-corrected chi connectivity index (χ4v) is 4.07. The van der Waals surface area contributed by atoms with Crippen LogP contribution in [0.5, 0.6) is 11.5 Å². The zero-order valence-corrected chi connectivity index (χ0v) is 19.3. The second-order valence-corrected chi connectivity index (χ2v) is 8.21. The molecule has 162 valence electrons. The summed E-state index contributed by atoms with van der Waals surface area (Å²) in [7, 11) is 1.47. The Bertz CT molecular complexity index is 1040. The molecule has 0 aromatic heterocycles. The molecule has 1 aliphatic rings. The van der Waals surface area contributed by atoms with Crippen LogP contribution in [0.2, 0.25) is 0 Å². The van der Waals surface area contributed by atoms with Gasteiger partial charge in [0.15, 0.2) is 18.1 Å². The molecular formula is C22H20BrNO6S. The topological polar surface area (TPSA) is 82.1 Å². The Balaban J connectivity index is 1.75. The molecule has 3 rings (SSSR count). The van der Waals surface area contributed by atoms with E-state index in [9.17, 15) is 14.4 Å². The lowest BCUT2D eigenvalue weighted by molar-refractivity contribution is -0.145. The number of rotatable bonds is 8. The minimum atomic E-state index is -0.479.